The van der Waals surface area contributed by atoms with Crippen LogP contribution in [0.25, 0.3) is 0 Å². The molecule has 0 aliphatic carbocycles. The Balaban J connectivity index is 3.56. The van der Waals surface area contributed by atoms with Crippen molar-refractivity contribution < 1.29 is 20.1 Å². The van der Waals surface area contributed by atoms with Crippen LogP contribution in [0, 0.1) is 0 Å². The van der Waals surface area contributed by atoms with Crippen LogP contribution in [0.1, 0.15) is 335 Å². The van der Waals surface area contributed by atoms with Crippen LogP contribution in [0.15, 0.2) is 48.6 Å². The monoisotopic (exact) mass is 982 g/mol. The van der Waals surface area contributed by atoms with Crippen molar-refractivity contribution in [3.63, 3.8) is 0 Å². The lowest BCUT2D eigenvalue weighted by Gasteiger charge is -2.21. The Morgan fingerprint density at radius 2 is 0.629 bits per heavy atom. The van der Waals surface area contributed by atoms with Crippen LogP contribution in [0.4, 0.5) is 0 Å². The van der Waals surface area contributed by atoms with Crippen LogP contribution in [0.5, 0.6) is 0 Å². The number of rotatable bonds is 58. The molecule has 3 unspecified atom stereocenters. The minimum absolute atomic E-state index is 0.375. The lowest BCUT2D eigenvalue weighted by Crippen LogP contribution is -2.48. The van der Waals surface area contributed by atoms with E-state index in [0.29, 0.717) is 6.42 Å². The summed E-state index contributed by atoms with van der Waals surface area (Å²) in [6.45, 7) is 4.21. The van der Waals surface area contributed by atoms with Gasteiger partial charge in [0.1, 0.15) is 6.10 Å². The summed E-state index contributed by atoms with van der Waals surface area (Å²) in [5, 5.41) is 33.4. The molecule has 70 heavy (non-hydrogen) atoms. The van der Waals surface area contributed by atoms with Gasteiger partial charge in [0, 0.05) is 0 Å². The molecule has 0 saturated carbocycles. The van der Waals surface area contributed by atoms with E-state index in [1.165, 1.54) is 270 Å². The molecule has 0 rings (SSSR count). The third-order valence-electron chi connectivity index (χ3n) is 14.6. The summed E-state index contributed by atoms with van der Waals surface area (Å²) >= 11 is 0. The first-order chi connectivity index (χ1) is 34.6. The first-order valence-electron chi connectivity index (χ1n) is 31.5. The van der Waals surface area contributed by atoms with Crippen LogP contribution in [0.2, 0.25) is 0 Å². The molecule has 0 aliphatic heterocycles. The zero-order chi connectivity index (χ0) is 50.7. The normalized spacial score (nSPS) is 13.5. The molecule has 0 aromatic heterocycles. The summed E-state index contributed by atoms with van der Waals surface area (Å²) in [4.78, 5) is 12.6. The number of nitrogens with one attached hydrogen (secondary N) is 1. The van der Waals surface area contributed by atoms with Crippen LogP contribution in [0.3, 0.4) is 0 Å². The van der Waals surface area contributed by atoms with Gasteiger partial charge in [-0.2, -0.15) is 0 Å². The van der Waals surface area contributed by atoms with Crippen LogP contribution in [-0.4, -0.2) is 46.1 Å². The van der Waals surface area contributed by atoms with Gasteiger partial charge in [0.15, 0.2) is 0 Å². The molecule has 0 heterocycles. The molecular formula is C65H123NO4. The number of carbonyl (C=O) groups excluding carboxylic acids is 1. The molecule has 5 heteroatoms. The number of aliphatic hydroxyl groups excluding tert-OH is 3. The smallest absolute Gasteiger partial charge is 0.249 e. The lowest BCUT2D eigenvalue weighted by atomic mass is 10.0. The van der Waals surface area contributed by atoms with E-state index in [-0.39, 0.29) is 6.61 Å². The fourth-order valence-electron chi connectivity index (χ4n) is 9.77. The van der Waals surface area contributed by atoms with E-state index < -0.39 is 24.2 Å². The molecule has 5 nitrogen and oxygen atoms in total. The van der Waals surface area contributed by atoms with Crippen molar-refractivity contribution in [3.8, 4) is 0 Å². The first kappa shape index (κ1) is 68.3. The Morgan fingerprint density at radius 3 is 0.957 bits per heavy atom. The van der Waals surface area contributed by atoms with Crippen molar-refractivity contribution in [2.24, 2.45) is 0 Å². The summed E-state index contributed by atoms with van der Waals surface area (Å²) in [5.41, 5.74) is 0. The Kier molecular flexibility index (Phi) is 58.4. The van der Waals surface area contributed by atoms with E-state index in [1.807, 2.05) is 6.08 Å². The van der Waals surface area contributed by atoms with Crippen molar-refractivity contribution in [2.75, 3.05) is 6.61 Å². The second-order valence-corrected chi connectivity index (χ2v) is 21.6. The van der Waals surface area contributed by atoms with E-state index >= 15 is 0 Å². The number of aliphatic hydroxyl groups is 3. The number of unbranched alkanes of at least 4 members (excludes halogenated alkanes) is 44. The highest BCUT2D eigenvalue weighted by atomic mass is 16.3. The van der Waals surface area contributed by atoms with E-state index in [4.69, 9.17) is 0 Å². The highest BCUT2D eigenvalue weighted by Crippen LogP contribution is 2.18. The van der Waals surface area contributed by atoms with Gasteiger partial charge in [-0.15, -0.1) is 0 Å². The number of hydrogen-bond acceptors (Lipinski definition) is 4. The third-order valence-corrected chi connectivity index (χ3v) is 14.6. The summed E-state index contributed by atoms with van der Waals surface area (Å²) in [5.74, 6) is -0.509. The van der Waals surface area contributed by atoms with Crippen molar-refractivity contribution in [1.29, 1.82) is 0 Å². The van der Waals surface area contributed by atoms with Crippen LogP contribution < -0.4 is 5.32 Å². The van der Waals surface area contributed by atoms with Gasteiger partial charge in [0.25, 0.3) is 0 Å². The maximum atomic E-state index is 12.6. The maximum absolute atomic E-state index is 12.6. The molecule has 0 bridgehead atoms. The zero-order valence-electron chi connectivity index (χ0n) is 47.2. The van der Waals surface area contributed by atoms with Gasteiger partial charge in [-0.3, -0.25) is 4.79 Å². The topological polar surface area (TPSA) is 89.8 Å². The maximum Gasteiger partial charge on any atom is 0.249 e. The van der Waals surface area contributed by atoms with E-state index in [1.54, 1.807) is 6.08 Å². The van der Waals surface area contributed by atoms with E-state index in [2.05, 4.69) is 55.6 Å². The van der Waals surface area contributed by atoms with E-state index in [9.17, 15) is 20.1 Å². The summed E-state index contributed by atoms with van der Waals surface area (Å²) in [6.07, 6.45) is 80.8. The van der Waals surface area contributed by atoms with Gasteiger partial charge in [-0.05, 0) is 64.2 Å². The average Bonchev–Trinajstić information content (AvgIpc) is 3.36. The predicted octanol–water partition coefficient (Wildman–Crippen LogP) is 20.0. The Bertz CT molecular complexity index is 1130. The molecule has 0 aromatic carbocycles. The second kappa shape index (κ2) is 59.9. The third kappa shape index (κ3) is 54.1. The molecule has 0 saturated heterocycles. The van der Waals surface area contributed by atoms with Crippen LogP contribution >= 0.6 is 0 Å². The summed E-state index contributed by atoms with van der Waals surface area (Å²) in [6, 6.07) is -0.816. The number of carbonyl (C=O) groups is 1. The van der Waals surface area contributed by atoms with Gasteiger partial charge in [-0.1, -0.05) is 319 Å². The molecule has 0 aromatic rings. The van der Waals surface area contributed by atoms with Crippen LogP contribution in [-0.2, 0) is 4.79 Å². The van der Waals surface area contributed by atoms with Gasteiger partial charge >= 0.3 is 0 Å². The summed E-state index contributed by atoms with van der Waals surface area (Å²) in [7, 11) is 0. The Labute approximate surface area is 437 Å². The average molecular weight is 983 g/mol. The fourth-order valence-corrected chi connectivity index (χ4v) is 9.77. The molecule has 0 aliphatic rings. The molecule has 0 spiro atoms. The van der Waals surface area contributed by atoms with Crippen molar-refractivity contribution in [3.05, 3.63) is 48.6 Å². The van der Waals surface area contributed by atoms with Gasteiger partial charge in [0.2, 0.25) is 5.91 Å². The standard InChI is InChI=1S/C65H123NO4/c1-3-5-7-9-11-13-15-17-19-21-23-25-27-29-30-31-32-33-34-35-36-38-40-42-44-46-48-50-52-54-56-58-60-64(69)65(70)66-62(61-67)63(68)59-57-55-53-51-49-47-45-43-41-39-37-28-26-24-22-20-18-16-14-12-10-8-6-4-2/h23,25,29-30,49,51,57,59,62-64,67-69H,3-22,24,26-28,31-48,50,52-56,58,60-61H2,1-2H3,(H,66,70)/b25-23-,30-29-,51-49+,59-57+. The Hall–Kier alpha value is -1.69. The molecule has 412 valence electrons. The fraction of sp³-hybridized carbons (Fsp3) is 0.862. The molecule has 0 fully saturated rings. The largest absolute Gasteiger partial charge is 0.394 e. The SMILES string of the molecule is CCCCCCCCCCC/C=C\C/C=C\CCCCCCCCCCCCCCCCCCC(O)C(=O)NC(CO)C(O)/C=C/CC/C=C/CCCCCCCCCCCCCCCCCCCC. The molecule has 1 amide bonds. The molecule has 3 atom stereocenters. The minimum Gasteiger partial charge on any atom is -0.394 e. The first-order valence-corrected chi connectivity index (χ1v) is 31.5. The van der Waals surface area contributed by atoms with Crippen molar-refractivity contribution in [1.82, 2.24) is 5.32 Å². The zero-order valence-corrected chi connectivity index (χ0v) is 47.2. The highest BCUT2D eigenvalue weighted by Gasteiger charge is 2.22. The molecular weight excluding hydrogens is 859 g/mol. The quantitative estimate of drug-likeness (QED) is 0.0361. The summed E-state index contributed by atoms with van der Waals surface area (Å²) < 4.78 is 0. The van der Waals surface area contributed by atoms with Gasteiger partial charge in [-0.25, -0.2) is 0 Å². The second-order valence-electron chi connectivity index (χ2n) is 21.6. The number of hydrogen-bond donors (Lipinski definition) is 4. The van der Waals surface area contributed by atoms with Gasteiger partial charge < -0.3 is 20.6 Å². The lowest BCUT2D eigenvalue weighted by molar-refractivity contribution is -0.131. The molecule has 4 N–H and O–H groups in total. The van der Waals surface area contributed by atoms with Gasteiger partial charge in [0.05, 0.1) is 18.8 Å². The number of allylic oxidation sites excluding steroid dienone is 7. The number of amides is 1. The minimum atomic E-state index is -1.11. The molecule has 0 radical (unpaired) electrons. The predicted molar refractivity (Wildman–Crippen MR) is 310 cm³/mol. The van der Waals surface area contributed by atoms with Crippen molar-refractivity contribution >= 4 is 5.91 Å². The highest BCUT2D eigenvalue weighted by molar-refractivity contribution is 5.80. The Morgan fingerprint density at radius 1 is 0.357 bits per heavy atom. The van der Waals surface area contributed by atoms with Crippen molar-refractivity contribution in [2.45, 2.75) is 353 Å². The van der Waals surface area contributed by atoms with E-state index in [0.717, 1.165) is 44.9 Å².